The van der Waals surface area contributed by atoms with Crippen molar-refractivity contribution in [3.63, 3.8) is 0 Å². The van der Waals surface area contributed by atoms with Crippen molar-refractivity contribution in [2.75, 3.05) is 56.4 Å². The van der Waals surface area contributed by atoms with E-state index >= 15 is 0 Å². The minimum Gasteiger partial charge on any atom is -0.493 e. The van der Waals surface area contributed by atoms with Crippen molar-refractivity contribution in [1.29, 1.82) is 0 Å². The summed E-state index contributed by atoms with van der Waals surface area (Å²) in [6.45, 7) is 3.75. The van der Waals surface area contributed by atoms with Gasteiger partial charge in [-0.25, -0.2) is 36.8 Å². The lowest BCUT2D eigenvalue weighted by Gasteiger charge is -2.33. The first-order valence-corrected chi connectivity index (χ1v) is 26.1. The fourth-order valence-corrected chi connectivity index (χ4v) is 9.42. The molecule has 2 aromatic heterocycles. The Balaban J connectivity index is 0.000000176. The van der Waals surface area contributed by atoms with E-state index in [-0.39, 0.29) is 11.8 Å². The molecule has 10 rings (SSSR count). The Bertz CT molecular complexity index is 3610. The van der Waals surface area contributed by atoms with Crippen LogP contribution in [0.15, 0.2) is 146 Å². The molecule has 2 aliphatic heterocycles. The van der Waals surface area contributed by atoms with Crippen LogP contribution in [-0.2, 0) is 20.0 Å². The molecule has 6 aromatic carbocycles. The summed E-state index contributed by atoms with van der Waals surface area (Å²) in [5.74, 6) is 17.5. The molecule has 2 N–H and O–H groups in total. The molecule has 2 aliphatic rings. The molecular formula is C54H48N8O7S2. The Labute approximate surface area is 413 Å². The molecule has 0 atom stereocenters. The number of fused-ring (bicyclic) bond motifs is 2. The van der Waals surface area contributed by atoms with Gasteiger partial charge in [-0.1, -0.05) is 60.1 Å². The lowest BCUT2D eigenvalue weighted by atomic mass is 10.0. The molecular weight excluding hydrogens is 937 g/mol. The fourth-order valence-electron chi connectivity index (χ4n) is 7.62. The first kappa shape index (κ1) is 48.0. The van der Waals surface area contributed by atoms with Gasteiger partial charge in [0.05, 0.1) is 30.7 Å². The van der Waals surface area contributed by atoms with Crippen molar-refractivity contribution >= 4 is 64.9 Å². The zero-order valence-electron chi connectivity index (χ0n) is 39.2. The average Bonchev–Trinajstić information content (AvgIpc) is 3.32. The lowest BCUT2D eigenvalue weighted by molar-refractivity contribution is 0.252. The highest BCUT2D eigenvalue weighted by atomic mass is 32.2. The van der Waals surface area contributed by atoms with Crippen molar-refractivity contribution in [3.8, 4) is 52.4 Å². The highest BCUT2D eigenvalue weighted by molar-refractivity contribution is 7.88. The Hall–Kier alpha value is -8.06. The molecule has 0 unspecified atom stereocenters. The molecule has 2 saturated heterocycles. The fraction of sp³-hybridized carbons (Fsp3) is 0.185. The van der Waals surface area contributed by atoms with Gasteiger partial charge in [-0.05, 0) is 103 Å². The van der Waals surface area contributed by atoms with Gasteiger partial charge in [0.1, 0.15) is 41.5 Å². The minimum absolute atomic E-state index is 0.0316. The largest absolute Gasteiger partial charge is 0.493 e. The summed E-state index contributed by atoms with van der Waals surface area (Å²) in [6.07, 6.45) is 5.48. The van der Waals surface area contributed by atoms with E-state index in [1.807, 2.05) is 140 Å². The van der Waals surface area contributed by atoms with E-state index in [4.69, 9.17) is 14.2 Å². The number of aromatic nitrogens is 4. The topological polar surface area (TPSA) is 178 Å². The zero-order valence-corrected chi connectivity index (χ0v) is 40.8. The Morgan fingerprint density at radius 2 is 0.986 bits per heavy atom. The van der Waals surface area contributed by atoms with Gasteiger partial charge in [-0.2, -0.15) is 8.61 Å². The van der Waals surface area contributed by atoms with E-state index < -0.39 is 20.0 Å². The molecule has 0 spiro atoms. The first-order valence-electron chi connectivity index (χ1n) is 22.5. The van der Waals surface area contributed by atoms with Gasteiger partial charge >= 0.3 is 0 Å². The summed E-state index contributed by atoms with van der Waals surface area (Å²) < 4.78 is 66.5. The molecule has 71 heavy (non-hydrogen) atoms. The molecule has 2 fully saturated rings. The van der Waals surface area contributed by atoms with Crippen molar-refractivity contribution in [1.82, 2.24) is 28.5 Å². The lowest BCUT2D eigenvalue weighted by Crippen LogP contribution is -2.48. The van der Waals surface area contributed by atoms with Crippen molar-refractivity contribution in [3.05, 3.63) is 163 Å². The molecule has 0 radical (unpaired) electrons. The number of nitrogens with one attached hydrogen (secondary N) is 2. The number of para-hydroxylation sites is 2. The van der Waals surface area contributed by atoms with Crippen LogP contribution in [0, 0.1) is 42.4 Å². The van der Waals surface area contributed by atoms with Gasteiger partial charge in [-0.3, -0.25) is 0 Å². The standard InChI is InChI=1S/C27H24N4O4S.C27H24N4O3S/c1-34-26-15-21(11-13-25(26)35-22-6-4-3-5-7-22)30-27-23-14-19(10-12-24(23)28-18-29-27)8-9-20-16-31(17-20)36(2,32)33;1-19-14-22(11-13-26(19)34-23-6-4-3-5-7-23)30-27-24-15-20(10-12-25(24)28-18-29-27)8-9-21-16-31(17-21)35(2,32)33/h3-7,10-15,18,20H,16-17H2,1-2H3,(H,28,29,30);3-7,10-15,18,21H,16-17H2,1-2H3,(H,28,29,30). The van der Waals surface area contributed by atoms with Crippen LogP contribution in [0.5, 0.6) is 28.7 Å². The summed E-state index contributed by atoms with van der Waals surface area (Å²) in [7, 11) is -4.68. The molecule has 0 bridgehead atoms. The zero-order chi connectivity index (χ0) is 49.5. The number of anilines is 4. The number of sulfonamides is 2. The summed E-state index contributed by atoms with van der Waals surface area (Å²) in [4.78, 5) is 17.6. The van der Waals surface area contributed by atoms with Crippen LogP contribution in [0.4, 0.5) is 23.0 Å². The second-order valence-electron chi connectivity index (χ2n) is 16.9. The van der Waals surface area contributed by atoms with E-state index in [1.54, 1.807) is 7.11 Å². The summed E-state index contributed by atoms with van der Waals surface area (Å²) in [5.41, 5.74) is 5.88. The van der Waals surface area contributed by atoms with Crippen molar-refractivity contribution < 1.29 is 31.0 Å². The maximum atomic E-state index is 11.6. The number of benzene rings is 6. The second kappa shape index (κ2) is 20.9. The van der Waals surface area contributed by atoms with Gasteiger partial charge in [0.25, 0.3) is 0 Å². The summed E-state index contributed by atoms with van der Waals surface area (Å²) in [6, 6.07) is 42.2. The number of methoxy groups -OCH3 is 1. The molecule has 4 heterocycles. The predicted octanol–water partition coefficient (Wildman–Crippen LogP) is 9.13. The van der Waals surface area contributed by atoms with Gasteiger partial charge in [0, 0.05) is 77.4 Å². The van der Waals surface area contributed by atoms with Crippen LogP contribution in [0.1, 0.15) is 16.7 Å². The number of aryl methyl sites for hydroxylation is 1. The molecule has 0 amide bonds. The molecule has 358 valence electrons. The smallest absolute Gasteiger partial charge is 0.211 e. The van der Waals surface area contributed by atoms with Crippen LogP contribution in [0.2, 0.25) is 0 Å². The van der Waals surface area contributed by atoms with E-state index in [9.17, 15) is 16.8 Å². The third-order valence-electron chi connectivity index (χ3n) is 11.6. The Morgan fingerprint density at radius 3 is 1.44 bits per heavy atom. The van der Waals surface area contributed by atoms with E-state index in [0.717, 1.165) is 67.1 Å². The number of ether oxygens (including phenoxy) is 3. The average molecular weight is 985 g/mol. The molecule has 8 aromatic rings. The maximum absolute atomic E-state index is 11.6. The van der Waals surface area contributed by atoms with Crippen LogP contribution >= 0.6 is 0 Å². The van der Waals surface area contributed by atoms with Gasteiger partial charge in [-0.15, -0.1) is 0 Å². The van der Waals surface area contributed by atoms with Gasteiger partial charge < -0.3 is 24.8 Å². The van der Waals surface area contributed by atoms with Crippen LogP contribution in [0.25, 0.3) is 21.8 Å². The SMILES string of the molecule is COc1cc(Nc2ncnc3ccc(C#CC4CN(S(C)(=O)=O)C4)cc23)ccc1Oc1ccccc1.Cc1cc(Nc2ncnc3ccc(C#CC4CN(S(C)(=O)=O)C4)cc23)ccc1Oc1ccccc1. The molecule has 15 nitrogen and oxygen atoms in total. The van der Waals surface area contributed by atoms with Crippen LogP contribution in [-0.4, -0.2) is 91.2 Å². The van der Waals surface area contributed by atoms with Gasteiger partial charge in [0.15, 0.2) is 11.5 Å². The van der Waals surface area contributed by atoms with Crippen molar-refractivity contribution in [2.45, 2.75) is 6.92 Å². The Morgan fingerprint density at radius 1 is 0.535 bits per heavy atom. The Kier molecular flexibility index (Phi) is 14.1. The van der Waals surface area contributed by atoms with E-state index in [0.29, 0.717) is 49.3 Å². The molecule has 0 aliphatic carbocycles. The van der Waals surface area contributed by atoms with Crippen LogP contribution in [0.3, 0.4) is 0 Å². The third kappa shape index (κ3) is 12.0. The van der Waals surface area contributed by atoms with E-state index in [1.165, 1.54) is 33.8 Å². The second-order valence-corrected chi connectivity index (χ2v) is 20.9. The number of nitrogens with zero attached hydrogens (tertiary/aromatic N) is 6. The highest BCUT2D eigenvalue weighted by Crippen LogP contribution is 2.36. The monoisotopic (exact) mass is 984 g/mol. The number of hydrogen-bond acceptors (Lipinski definition) is 13. The van der Waals surface area contributed by atoms with Crippen LogP contribution < -0.4 is 24.8 Å². The number of hydrogen-bond donors (Lipinski definition) is 2. The minimum atomic E-state index is -3.15. The maximum Gasteiger partial charge on any atom is 0.211 e. The van der Waals surface area contributed by atoms with E-state index in [2.05, 4.69) is 54.3 Å². The first-order chi connectivity index (χ1) is 34.2. The van der Waals surface area contributed by atoms with Gasteiger partial charge in [0.2, 0.25) is 20.0 Å². The number of rotatable bonds is 11. The summed E-state index contributed by atoms with van der Waals surface area (Å²) >= 11 is 0. The predicted molar refractivity (Wildman–Crippen MR) is 276 cm³/mol. The quantitative estimate of drug-likeness (QED) is 0.117. The molecule has 0 saturated carbocycles. The van der Waals surface area contributed by atoms with Crippen molar-refractivity contribution in [2.24, 2.45) is 11.8 Å². The third-order valence-corrected chi connectivity index (χ3v) is 14.0. The highest BCUT2D eigenvalue weighted by Gasteiger charge is 2.32. The normalized spacial score (nSPS) is 14.0. The molecule has 17 heteroatoms. The summed E-state index contributed by atoms with van der Waals surface area (Å²) in [5, 5.41) is 8.40.